The molecule has 12 heteroatoms. The summed E-state index contributed by atoms with van der Waals surface area (Å²) in [5, 5.41) is 27.4. The maximum Gasteiger partial charge on any atom is 0.337 e. The van der Waals surface area contributed by atoms with Crippen molar-refractivity contribution < 1.29 is 39.0 Å². The lowest BCUT2D eigenvalue weighted by Gasteiger charge is -2.11. The van der Waals surface area contributed by atoms with Gasteiger partial charge < -0.3 is 31.5 Å². The third kappa shape index (κ3) is 6.29. The summed E-state index contributed by atoms with van der Waals surface area (Å²) >= 11 is 0. The smallest absolute Gasteiger partial charge is 0.337 e. The zero-order chi connectivity index (χ0) is 26.2. The first-order chi connectivity index (χ1) is 17.2. The van der Waals surface area contributed by atoms with Crippen molar-refractivity contribution >= 4 is 58.3 Å². The van der Waals surface area contributed by atoms with Gasteiger partial charge in [0.1, 0.15) is 0 Å². The van der Waals surface area contributed by atoms with E-state index >= 15 is 0 Å². The maximum absolute atomic E-state index is 12.3. The lowest BCUT2D eigenvalue weighted by atomic mass is 10.2. The van der Waals surface area contributed by atoms with E-state index in [0.29, 0.717) is 0 Å². The van der Waals surface area contributed by atoms with Crippen LogP contribution in [0.5, 0.6) is 0 Å². The summed E-state index contributed by atoms with van der Waals surface area (Å²) in [6.07, 6.45) is 0. The van der Waals surface area contributed by atoms with Gasteiger partial charge in [-0.3, -0.25) is 19.2 Å². The first kappa shape index (κ1) is 25.1. The lowest BCUT2D eigenvalue weighted by molar-refractivity contribution is -0.133. The minimum atomic E-state index is -1.29. The Morgan fingerprint density at radius 1 is 0.472 bits per heavy atom. The Morgan fingerprint density at radius 2 is 0.833 bits per heavy atom. The summed E-state index contributed by atoms with van der Waals surface area (Å²) in [5.41, 5.74) is -0.351. The molecule has 4 amide bonds. The summed E-state index contributed by atoms with van der Waals surface area (Å²) in [6, 6.07) is 16.6. The van der Waals surface area contributed by atoms with Gasteiger partial charge in [-0.15, -0.1) is 0 Å². The predicted octanol–water partition coefficient (Wildman–Crippen LogP) is 2.24. The van der Waals surface area contributed by atoms with Gasteiger partial charge in [-0.2, -0.15) is 0 Å². The van der Waals surface area contributed by atoms with Crippen LogP contribution in [0.3, 0.4) is 0 Å². The third-order valence-corrected chi connectivity index (χ3v) is 4.60. The number of para-hydroxylation sites is 2. The van der Waals surface area contributed by atoms with Crippen LogP contribution in [0, 0.1) is 0 Å². The van der Waals surface area contributed by atoms with E-state index in [4.69, 9.17) is 0 Å². The van der Waals surface area contributed by atoms with Crippen LogP contribution < -0.4 is 21.3 Å². The van der Waals surface area contributed by atoms with Crippen molar-refractivity contribution in [2.24, 2.45) is 0 Å². The number of benzene rings is 3. The van der Waals surface area contributed by atoms with Crippen LogP contribution >= 0.6 is 0 Å². The largest absolute Gasteiger partial charge is 0.478 e. The monoisotopic (exact) mass is 490 g/mol. The number of carbonyl (C=O) groups excluding carboxylic acids is 4. The first-order valence-electron chi connectivity index (χ1n) is 10.1. The summed E-state index contributed by atoms with van der Waals surface area (Å²) in [6.45, 7) is 0. The second-order valence-corrected chi connectivity index (χ2v) is 7.10. The van der Waals surface area contributed by atoms with Gasteiger partial charge in [-0.25, -0.2) is 9.59 Å². The Balaban J connectivity index is 1.63. The third-order valence-electron chi connectivity index (χ3n) is 4.60. The molecule has 3 rings (SSSR count). The highest BCUT2D eigenvalue weighted by Crippen LogP contribution is 2.18. The van der Waals surface area contributed by atoms with Crippen LogP contribution in [0.1, 0.15) is 20.7 Å². The van der Waals surface area contributed by atoms with E-state index in [9.17, 15) is 39.0 Å². The SMILES string of the molecule is O=C(Nc1cccc(NC(=O)C(=O)Nc2ccccc2C(=O)O)c1)C(=O)Nc1ccccc1C(=O)O. The first-order valence-corrected chi connectivity index (χ1v) is 10.1. The number of amides is 4. The minimum Gasteiger partial charge on any atom is -0.478 e. The van der Waals surface area contributed by atoms with E-state index in [2.05, 4.69) is 21.3 Å². The summed E-state index contributed by atoms with van der Waals surface area (Å²) in [4.78, 5) is 71.4. The van der Waals surface area contributed by atoms with Crippen LogP contribution in [-0.4, -0.2) is 45.8 Å². The van der Waals surface area contributed by atoms with E-state index in [1.54, 1.807) is 0 Å². The van der Waals surface area contributed by atoms with Gasteiger partial charge in [0.2, 0.25) is 0 Å². The molecule has 0 atom stereocenters. The van der Waals surface area contributed by atoms with Crippen LogP contribution in [0.15, 0.2) is 72.8 Å². The molecule has 36 heavy (non-hydrogen) atoms. The molecular formula is C24H18N4O8. The molecule has 6 N–H and O–H groups in total. The molecule has 0 radical (unpaired) electrons. The Labute approximate surface area is 202 Å². The molecule has 3 aromatic rings. The molecule has 0 fully saturated rings. The van der Waals surface area contributed by atoms with Crippen molar-refractivity contribution in [2.75, 3.05) is 21.3 Å². The molecule has 0 aliphatic carbocycles. The van der Waals surface area contributed by atoms with E-state index in [1.807, 2.05) is 0 Å². The van der Waals surface area contributed by atoms with E-state index < -0.39 is 35.6 Å². The summed E-state index contributed by atoms with van der Waals surface area (Å²) in [7, 11) is 0. The minimum absolute atomic E-state index is 0.0679. The average Bonchev–Trinajstić information content (AvgIpc) is 2.84. The zero-order valence-corrected chi connectivity index (χ0v) is 18.3. The van der Waals surface area contributed by atoms with Crippen molar-refractivity contribution in [2.45, 2.75) is 0 Å². The molecule has 0 saturated heterocycles. The summed E-state index contributed by atoms with van der Waals surface area (Å²) < 4.78 is 0. The fourth-order valence-electron chi connectivity index (χ4n) is 2.97. The van der Waals surface area contributed by atoms with Crippen LogP contribution in [0.4, 0.5) is 22.7 Å². The second kappa shape index (κ2) is 11.1. The number of carbonyl (C=O) groups is 6. The van der Waals surface area contributed by atoms with Gasteiger partial charge in [0, 0.05) is 11.4 Å². The van der Waals surface area contributed by atoms with Gasteiger partial charge in [0.25, 0.3) is 0 Å². The number of rotatable bonds is 6. The highest BCUT2D eigenvalue weighted by Gasteiger charge is 2.20. The Bertz CT molecular complexity index is 1290. The molecule has 0 spiro atoms. The Morgan fingerprint density at radius 3 is 1.22 bits per heavy atom. The Hall–Kier alpha value is -5.52. The fraction of sp³-hybridized carbons (Fsp3) is 0. The van der Waals surface area contributed by atoms with Crippen molar-refractivity contribution in [3.63, 3.8) is 0 Å². The Kier molecular flexibility index (Phi) is 7.72. The molecule has 0 aromatic heterocycles. The molecule has 182 valence electrons. The van der Waals surface area contributed by atoms with Crippen molar-refractivity contribution in [3.8, 4) is 0 Å². The standard InChI is InChI=1S/C24H18N4O8/c29-19(21(31)27-17-10-3-1-8-15(17)23(33)34)25-13-6-5-7-14(12-13)26-20(30)22(32)28-18-11-4-2-9-16(18)24(35)36/h1-12H,(H,25,29)(H,26,30)(H,27,31)(H,28,32)(H,33,34)(H,35,36). The number of nitrogens with one attached hydrogen (secondary N) is 4. The normalized spacial score (nSPS) is 10.0. The van der Waals surface area contributed by atoms with Crippen molar-refractivity contribution in [3.05, 3.63) is 83.9 Å². The zero-order valence-electron chi connectivity index (χ0n) is 18.3. The van der Waals surface area contributed by atoms with Crippen LogP contribution in [-0.2, 0) is 19.2 Å². The van der Waals surface area contributed by atoms with E-state index in [0.717, 1.165) is 0 Å². The quantitative estimate of drug-likeness (QED) is 0.283. The highest BCUT2D eigenvalue weighted by atomic mass is 16.4. The number of aromatic carboxylic acids is 2. The van der Waals surface area contributed by atoms with Crippen molar-refractivity contribution in [1.29, 1.82) is 0 Å². The lowest BCUT2D eigenvalue weighted by Crippen LogP contribution is -2.30. The van der Waals surface area contributed by atoms with Gasteiger partial charge in [-0.05, 0) is 42.5 Å². The van der Waals surface area contributed by atoms with E-state index in [1.165, 1.54) is 72.8 Å². The number of carboxylic acids is 2. The van der Waals surface area contributed by atoms with Gasteiger partial charge in [0.15, 0.2) is 0 Å². The topological polar surface area (TPSA) is 191 Å². The molecular weight excluding hydrogens is 472 g/mol. The number of anilines is 4. The van der Waals surface area contributed by atoms with Gasteiger partial charge in [0.05, 0.1) is 22.5 Å². The average molecular weight is 490 g/mol. The fourth-order valence-corrected chi connectivity index (χ4v) is 2.97. The molecule has 0 saturated carbocycles. The van der Waals surface area contributed by atoms with Crippen LogP contribution in [0.25, 0.3) is 0 Å². The summed E-state index contributed by atoms with van der Waals surface area (Å²) in [5.74, 6) is -7.05. The van der Waals surface area contributed by atoms with Gasteiger partial charge >= 0.3 is 35.6 Å². The number of hydrogen-bond donors (Lipinski definition) is 6. The molecule has 0 heterocycles. The molecule has 0 aliphatic heterocycles. The van der Waals surface area contributed by atoms with Crippen LogP contribution in [0.2, 0.25) is 0 Å². The molecule has 12 nitrogen and oxygen atoms in total. The maximum atomic E-state index is 12.3. The van der Waals surface area contributed by atoms with E-state index in [-0.39, 0.29) is 33.9 Å². The molecule has 3 aromatic carbocycles. The molecule has 0 aliphatic rings. The number of carboxylic acid groups (broad SMARTS) is 2. The highest BCUT2D eigenvalue weighted by molar-refractivity contribution is 6.44. The van der Waals surface area contributed by atoms with Gasteiger partial charge in [-0.1, -0.05) is 30.3 Å². The van der Waals surface area contributed by atoms with Crippen molar-refractivity contribution in [1.82, 2.24) is 0 Å². The number of hydrogen-bond acceptors (Lipinski definition) is 6. The molecule has 0 unspecified atom stereocenters. The molecule has 0 bridgehead atoms. The predicted molar refractivity (Wildman–Crippen MR) is 128 cm³/mol. The second-order valence-electron chi connectivity index (χ2n) is 7.10.